The maximum absolute atomic E-state index is 11.9. The molecule has 0 aliphatic carbocycles. The van der Waals surface area contributed by atoms with Gasteiger partial charge in [0.25, 0.3) is 0 Å². The van der Waals surface area contributed by atoms with Gasteiger partial charge in [-0.15, -0.1) is 0 Å². The van der Waals surface area contributed by atoms with Gasteiger partial charge in [0.05, 0.1) is 6.54 Å². The fourth-order valence-electron chi connectivity index (χ4n) is 3.05. The Bertz CT molecular complexity index is 383. The second-order valence-electron chi connectivity index (χ2n) is 7.14. The highest BCUT2D eigenvalue weighted by molar-refractivity contribution is 5.95. The molecule has 3 N–H and O–H groups in total. The van der Waals surface area contributed by atoms with Crippen LogP contribution in [0.3, 0.4) is 0 Å². The number of carbonyl (C=O) groups excluding carboxylic acids is 2. The quantitative estimate of drug-likeness (QED) is 0.681. The largest absolute Gasteiger partial charge is 0.333 e. The van der Waals surface area contributed by atoms with Crippen LogP contribution in [0, 0.1) is 5.41 Å². The lowest BCUT2D eigenvalue weighted by Gasteiger charge is -2.23. The minimum absolute atomic E-state index is 0.227. The zero-order valence-electron chi connectivity index (χ0n) is 12.7. The molecule has 2 aliphatic heterocycles. The van der Waals surface area contributed by atoms with Gasteiger partial charge in [0, 0.05) is 18.6 Å². The third-order valence-electron chi connectivity index (χ3n) is 3.96. The standard InChI is InChI=1S/C14H26N4O2/c1-13(2,3)17-12(20)16-11(19)8-18-7-5-14(10-18)4-6-15-9-14/h15H,4-10H2,1-3H3,(H2,16,17,19,20). The highest BCUT2D eigenvalue weighted by atomic mass is 16.2. The van der Waals surface area contributed by atoms with Crippen LogP contribution in [0.5, 0.6) is 0 Å². The van der Waals surface area contributed by atoms with Gasteiger partial charge in [-0.05, 0) is 52.1 Å². The lowest BCUT2D eigenvalue weighted by molar-refractivity contribution is -0.121. The van der Waals surface area contributed by atoms with Crippen LogP contribution in [-0.2, 0) is 4.79 Å². The van der Waals surface area contributed by atoms with E-state index in [1.165, 1.54) is 6.42 Å². The van der Waals surface area contributed by atoms with Crippen molar-refractivity contribution in [2.24, 2.45) is 5.41 Å². The normalized spacial score (nSPS) is 26.9. The molecule has 0 aromatic heterocycles. The second kappa shape index (κ2) is 5.69. The molecule has 20 heavy (non-hydrogen) atoms. The van der Waals surface area contributed by atoms with Gasteiger partial charge in [-0.3, -0.25) is 15.0 Å². The summed E-state index contributed by atoms with van der Waals surface area (Å²) in [5.74, 6) is -0.227. The molecule has 0 saturated carbocycles. The first-order chi connectivity index (χ1) is 9.28. The fraction of sp³-hybridized carbons (Fsp3) is 0.857. The summed E-state index contributed by atoms with van der Waals surface area (Å²) < 4.78 is 0. The molecule has 6 nitrogen and oxygen atoms in total. The van der Waals surface area contributed by atoms with Crippen molar-refractivity contribution in [2.75, 3.05) is 32.7 Å². The Morgan fingerprint density at radius 2 is 2.05 bits per heavy atom. The summed E-state index contributed by atoms with van der Waals surface area (Å²) in [6.07, 6.45) is 2.33. The van der Waals surface area contributed by atoms with Crippen LogP contribution < -0.4 is 16.0 Å². The topological polar surface area (TPSA) is 73.5 Å². The summed E-state index contributed by atoms with van der Waals surface area (Å²) in [5, 5.41) is 8.52. The molecule has 2 heterocycles. The average molecular weight is 282 g/mol. The number of hydrogen-bond acceptors (Lipinski definition) is 4. The molecule has 0 aromatic rings. The molecular formula is C14H26N4O2. The van der Waals surface area contributed by atoms with E-state index in [4.69, 9.17) is 0 Å². The van der Waals surface area contributed by atoms with Crippen LogP contribution in [-0.4, -0.2) is 55.1 Å². The Morgan fingerprint density at radius 1 is 1.30 bits per heavy atom. The van der Waals surface area contributed by atoms with E-state index >= 15 is 0 Å². The molecule has 2 rings (SSSR count). The van der Waals surface area contributed by atoms with Crippen LogP contribution in [0.4, 0.5) is 4.79 Å². The molecule has 0 aromatic carbocycles. The number of hydrogen-bond donors (Lipinski definition) is 3. The number of nitrogens with zero attached hydrogens (tertiary/aromatic N) is 1. The highest BCUT2D eigenvalue weighted by Gasteiger charge is 2.40. The number of rotatable bonds is 2. The first-order valence-electron chi connectivity index (χ1n) is 7.33. The molecule has 2 fully saturated rings. The summed E-state index contributed by atoms with van der Waals surface area (Å²) in [7, 11) is 0. The molecule has 2 saturated heterocycles. The zero-order chi connectivity index (χ0) is 14.8. The zero-order valence-corrected chi connectivity index (χ0v) is 12.7. The van der Waals surface area contributed by atoms with Crippen LogP contribution >= 0.6 is 0 Å². The Morgan fingerprint density at radius 3 is 2.65 bits per heavy atom. The van der Waals surface area contributed by atoms with E-state index in [9.17, 15) is 9.59 Å². The Labute approximate surface area is 120 Å². The van der Waals surface area contributed by atoms with Crippen molar-refractivity contribution in [1.29, 1.82) is 0 Å². The smallest absolute Gasteiger partial charge is 0.321 e. The van der Waals surface area contributed by atoms with Gasteiger partial charge < -0.3 is 10.6 Å². The number of likely N-dealkylation sites (tertiary alicyclic amines) is 1. The first kappa shape index (κ1) is 15.3. The Hall–Kier alpha value is -1.14. The van der Waals surface area contributed by atoms with Crippen molar-refractivity contribution in [3.8, 4) is 0 Å². The molecular weight excluding hydrogens is 256 g/mol. The van der Waals surface area contributed by atoms with Gasteiger partial charge in [-0.25, -0.2) is 4.79 Å². The van der Waals surface area contributed by atoms with Crippen LogP contribution in [0.1, 0.15) is 33.6 Å². The first-order valence-corrected chi connectivity index (χ1v) is 7.33. The van der Waals surface area contributed by atoms with Gasteiger partial charge >= 0.3 is 6.03 Å². The van der Waals surface area contributed by atoms with Gasteiger partial charge in [-0.2, -0.15) is 0 Å². The minimum atomic E-state index is -0.418. The van der Waals surface area contributed by atoms with Crippen molar-refractivity contribution >= 4 is 11.9 Å². The fourth-order valence-corrected chi connectivity index (χ4v) is 3.05. The lowest BCUT2D eigenvalue weighted by Crippen LogP contribution is -2.50. The van der Waals surface area contributed by atoms with E-state index < -0.39 is 6.03 Å². The van der Waals surface area contributed by atoms with Gasteiger partial charge in [0.1, 0.15) is 0 Å². The molecule has 1 atom stereocenters. The third-order valence-corrected chi connectivity index (χ3v) is 3.96. The number of urea groups is 1. The van der Waals surface area contributed by atoms with Gasteiger partial charge in [0.15, 0.2) is 0 Å². The molecule has 2 aliphatic rings. The summed E-state index contributed by atoms with van der Waals surface area (Å²) in [6, 6.07) is -0.418. The van der Waals surface area contributed by atoms with Crippen LogP contribution in [0.25, 0.3) is 0 Å². The van der Waals surface area contributed by atoms with Crippen LogP contribution in [0.15, 0.2) is 0 Å². The molecule has 0 bridgehead atoms. The molecule has 114 valence electrons. The Kier molecular flexibility index (Phi) is 4.34. The van der Waals surface area contributed by atoms with Crippen molar-refractivity contribution in [2.45, 2.75) is 39.2 Å². The van der Waals surface area contributed by atoms with Crippen molar-refractivity contribution in [1.82, 2.24) is 20.9 Å². The predicted octanol–water partition coefficient (Wildman–Crippen LogP) is 0.296. The number of amides is 3. The van der Waals surface area contributed by atoms with E-state index in [0.29, 0.717) is 12.0 Å². The van der Waals surface area contributed by atoms with Gasteiger partial charge in [-0.1, -0.05) is 0 Å². The number of nitrogens with one attached hydrogen (secondary N) is 3. The highest BCUT2D eigenvalue weighted by Crippen LogP contribution is 2.35. The molecule has 1 unspecified atom stereocenters. The summed E-state index contributed by atoms with van der Waals surface area (Å²) in [4.78, 5) is 25.6. The van der Waals surface area contributed by atoms with Crippen molar-refractivity contribution in [3.05, 3.63) is 0 Å². The molecule has 0 radical (unpaired) electrons. The molecule has 6 heteroatoms. The summed E-state index contributed by atoms with van der Waals surface area (Å²) in [6.45, 7) is 9.98. The van der Waals surface area contributed by atoms with Crippen molar-refractivity contribution < 1.29 is 9.59 Å². The second-order valence-corrected chi connectivity index (χ2v) is 7.14. The molecule has 1 spiro atoms. The van der Waals surface area contributed by atoms with Crippen molar-refractivity contribution in [3.63, 3.8) is 0 Å². The van der Waals surface area contributed by atoms with E-state index in [1.807, 2.05) is 20.8 Å². The number of imide groups is 1. The van der Waals surface area contributed by atoms with E-state index in [1.54, 1.807) is 0 Å². The average Bonchev–Trinajstić information content (AvgIpc) is 2.87. The minimum Gasteiger partial charge on any atom is -0.333 e. The maximum atomic E-state index is 11.9. The predicted molar refractivity (Wildman–Crippen MR) is 77.4 cm³/mol. The van der Waals surface area contributed by atoms with Crippen LogP contribution in [0.2, 0.25) is 0 Å². The molecule has 3 amide bonds. The summed E-state index contributed by atoms with van der Waals surface area (Å²) in [5.41, 5.74) is 0.0194. The third kappa shape index (κ3) is 4.18. The van der Waals surface area contributed by atoms with E-state index in [-0.39, 0.29) is 11.4 Å². The SMILES string of the molecule is CC(C)(C)NC(=O)NC(=O)CN1CCC2(CCNC2)C1. The monoisotopic (exact) mass is 282 g/mol. The lowest BCUT2D eigenvalue weighted by atomic mass is 9.87. The van der Waals surface area contributed by atoms with E-state index in [0.717, 1.165) is 32.6 Å². The van der Waals surface area contributed by atoms with E-state index in [2.05, 4.69) is 20.9 Å². The van der Waals surface area contributed by atoms with Gasteiger partial charge in [0.2, 0.25) is 5.91 Å². The maximum Gasteiger partial charge on any atom is 0.321 e. The number of carbonyl (C=O) groups is 2. The summed E-state index contributed by atoms with van der Waals surface area (Å²) >= 11 is 0. The Balaban J connectivity index is 1.74.